The monoisotopic (exact) mass is 224 g/mol. The Balaban J connectivity index is 2.90. The van der Waals surface area contributed by atoms with Gasteiger partial charge in [0.05, 0.1) is 0 Å². The molecule has 1 rings (SSSR count). The van der Waals surface area contributed by atoms with Crippen LogP contribution in [0.15, 0.2) is 39.8 Å². The molecule has 0 atom stereocenters. The summed E-state index contributed by atoms with van der Waals surface area (Å²) in [5, 5.41) is 9.44. The lowest BCUT2D eigenvalue weighted by Gasteiger charge is -2.01. The van der Waals surface area contributed by atoms with Crippen LogP contribution in [0.5, 0.6) is 0 Å². The Labute approximate surface area is 92.4 Å². The maximum atomic E-state index is 8.79. The standard InChI is InChI=1S/C10H9ClN2S/c1-7(13)10(6-12)14-9-4-2-3-8(11)5-9/h2-5H,13H2,1H3/b10-7-. The molecule has 4 heteroatoms. The zero-order valence-corrected chi connectivity index (χ0v) is 9.19. The summed E-state index contributed by atoms with van der Waals surface area (Å²) < 4.78 is 0. The van der Waals surface area contributed by atoms with Crippen LogP contribution in [-0.4, -0.2) is 0 Å². The summed E-state index contributed by atoms with van der Waals surface area (Å²) in [6.07, 6.45) is 0. The minimum Gasteiger partial charge on any atom is -0.401 e. The molecule has 0 heterocycles. The molecule has 0 aliphatic heterocycles. The van der Waals surface area contributed by atoms with Crippen molar-refractivity contribution in [2.24, 2.45) is 5.73 Å². The minimum absolute atomic E-state index is 0.507. The van der Waals surface area contributed by atoms with Gasteiger partial charge in [-0.1, -0.05) is 29.4 Å². The second-order valence-electron chi connectivity index (χ2n) is 2.68. The lowest BCUT2D eigenvalue weighted by molar-refractivity contribution is 1.30. The van der Waals surface area contributed by atoms with Gasteiger partial charge in [-0.15, -0.1) is 0 Å². The summed E-state index contributed by atoms with van der Waals surface area (Å²) in [7, 11) is 0. The smallest absolute Gasteiger partial charge is 0.108 e. The molecule has 0 amide bonds. The van der Waals surface area contributed by atoms with Gasteiger partial charge in [0.25, 0.3) is 0 Å². The Morgan fingerprint density at radius 1 is 1.57 bits per heavy atom. The Kier molecular flexibility index (Phi) is 3.87. The molecule has 0 saturated carbocycles. The Bertz CT molecular complexity index is 403. The topological polar surface area (TPSA) is 49.8 Å². The van der Waals surface area contributed by atoms with Gasteiger partial charge in [-0.25, -0.2) is 0 Å². The first-order valence-electron chi connectivity index (χ1n) is 3.93. The first-order valence-corrected chi connectivity index (χ1v) is 5.13. The molecule has 0 radical (unpaired) electrons. The number of nitriles is 1. The zero-order chi connectivity index (χ0) is 10.6. The van der Waals surface area contributed by atoms with E-state index in [0.717, 1.165) is 4.90 Å². The van der Waals surface area contributed by atoms with Crippen molar-refractivity contribution in [1.29, 1.82) is 5.26 Å². The maximum Gasteiger partial charge on any atom is 0.108 e. The second kappa shape index (κ2) is 4.94. The highest BCUT2D eigenvalue weighted by atomic mass is 35.5. The lowest BCUT2D eigenvalue weighted by Crippen LogP contribution is -1.93. The van der Waals surface area contributed by atoms with Gasteiger partial charge in [0.1, 0.15) is 11.0 Å². The quantitative estimate of drug-likeness (QED) is 0.620. The van der Waals surface area contributed by atoms with E-state index in [1.165, 1.54) is 11.8 Å². The molecule has 72 valence electrons. The minimum atomic E-state index is 0.507. The van der Waals surface area contributed by atoms with Crippen molar-refractivity contribution < 1.29 is 0 Å². The predicted molar refractivity (Wildman–Crippen MR) is 59.8 cm³/mol. The van der Waals surface area contributed by atoms with Gasteiger partial charge >= 0.3 is 0 Å². The molecule has 0 bridgehead atoms. The fourth-order valence-corrected chi connectivity index (χ4v) is 1.87. The van der Waals surface area contributed by atoms with E-state index in [1.54, 1.807) is 19.1 Å². The third-order valence-corrected chi connectivity index (χ3v) is 2.82. The molecule has 2 N–H and O–H groups in total. The van der Waals surface area contributed by atoms with Crippen molar-refractivity contribution in [3.8, 4) is 6.07 Å². The lowest BCUT2D eigenvalue weighted by atomic mass is 10.4. The normalized spacial score (nSPS) is 11.8. The fourth-order valence-electron chi connectivity index (χ4n) is 0.840. The molecule has 0 aliphatic carbocycles. The molecule has 1 aromatic carbocycles. The van der Waals surface area contributed by atoms with Crippen molar-refractivity contribution in [2.75, 3.05) is 0 Å². The number of hydrogen-bond donors (Lipinski definition) is 1. The number of nitrogens with zero attached hydrogens (tertiary/aromatic N) is 1. The number of benzene rings is 1. The predicted octanol–water partition coefficient (Wildman–Crippen LogP) is 3.15. The highest BCUT2D eigenvalue weighted by molar-refractivity contribution is 8.03. The molecule has 0 aliphatic rings. The Morgan fingerprint density at radius 3 is 2.79 bits per heavy atom. The van der Waals surface area contributed by atoms with E-state index in [-0.39, 0.29) is 0 Å². The molecular formula is C10H9ClN2S. The number of allylic oxidation sites excluding steroid dienone is 2. The summed E-state index contributed by atoms with van der Waals surface area (Å²) in [6.45, 7) is 1.70. The van der Waals surface area contributed by atoms with Crippen LogP contribution in [0.4, 0.5) is 0 Å². The first-order chi connectivity index (χ1) is 6.63. The molecule has 14 heavy (non-hydrogen) atoms. The molecule has 2 nitrogen and oxygen atoms in total. The SMILES string of the molecule is C/C(N)=C(\C#N)Sc1cccc(Cl)c1. The van der Waals surface area contributed by atoms with Crippen LogP contribution in [0, 0.1) is 11.3 Å². The fraction of sp³-hybridized carbons (Fsp3) is 0.100. The highest BCUT2D eigenvalue weighted by Gasteiger charge is 2.02. The van der Waals surface area contributed by atoms with Crippen LogP contribution in [0.25, 0.3) is 0 Å². The van der Waals surface area contributed by atoms with Gasteiger partial charge in [-0.05, 0) is 25.1 Å². The van der Waals surface area contributed by atoms with E-state index in [2.05, 4.69) is 0 Å². The summed E-state index contributed by atoms with van der Waals surface area (Å²) in [5.41, 5.74) is 6.06. The van der Waals surface area contributed by atoms with Gasteiger partial charge in [-0.2, -0.15) is 5.26 Å². The van der Waals surface area contributed by atoms with Gasteiger partial charge in [0, 0.05) is 15.6 Å². The van der Waals surface area contributed by atoms with Gasteiger partial charge in [0.15, 0.2) is 0 Å². The highest BCUT2D eigenvalue weighted by Crippen LogP contribution is 2.28. The number of halogens is 1. The summed E-state index contributed by atoms with van der Waals surface area (Å²) in [6, 6.07) is 9.35. The largest absolute Gasteiger partial charge is 0.401 e. The number of thioether (sulfide) groups is 1. The summed E-state index contributed by atoms with van der Waals surface area (Å²) in [5.74, 6) is 0. The van der Waals surface area contributed by atoms with Gasteiger partial charge in [0.2, 0.25) is 0 Å². The molecule has 0 fully saturated rings. The van der Waals surface area contributed by atoms with E-state index in [9.17, 15) is 0 Å². The van der Waals surface area contributed by atoms with Crippen LogP contribution in [0.1, 0.15) is 6.92 Å². The van der Waals surface area contributed by atoms with Crippen LogP contribution >= 0.6 is 23.4 Å². The number of nitrogens with two attached hydrogens (primary N) is 1. The molecule has 0 aromatic heterocycles. The Morgan fingerprint density at radius 2 is 2.29 bits per heavy atom. The van der Waals surface area contributed by atoms with E-state index in [0.29, 0.717) is 15.6 Å². The molecular weight excluding hydrogens is 216 g/mol. The van der Waals surface area contributed by atoms with Crippen LogP contribution in [0.3, 0.4) is 0 Å². The van der Waals surface area contributed by atoms with Crippen LogP contribution in [-0.2, 0) is 0 Å². The van der Waals surface area contributed by atoms with E-state index in [1.807, 2.05) is 18.2 Å². The zero-order valence-electron chi connectivity index (χ0n) is 7.62. The average Bonchev–Trinajstić information content (AvgIpc) is 2.14. The third kappa shape index (κ3) is 2.99. The molecule has 0 unspecified atom stereocenters. The van der Waals surface area contributed by atoms with Crippen LogP contribution < -0.4 is 5.73 Å². The molecule has 0 saturated heterocycles. The van der Waals surface area contributed by atoms with Crippen LogP contribution in [0.2, 0.25) is 5.02 Å². The Hall–Kier alpha value is -1.11. The third-order valence-electron chi connectivity index (χ3n) is 1.48. The van der Waals surface area contributed by atoms with Gasteiger partial charge < -0.3 is 5.73 Å². The van der Waals surface area contributed by atoms with Crippen molar-refractivity contribution >= 4 is 23.4 Å². The van der Waals surface area contributed by atoms with Crippen molar-refractivity contribution in [1.82, 2.24) is 0 Å². The van der Waals surface area contributed by atoms with E-state index in [4.69, 9.17) is 22.6 Å². The summed E-state index contributed by atoms with van der Waals surface area (Å²) in [4.78, 5) is 1.42. The van der Waals surface area contributed by atoms with Crippen molar-refractivity contribution in [3.63, 3.8) is 0 Å². The molecule has 1 aromatic rings. The van der Waals surface area contributed by atoms with Crippen molar-refractivity contribution in [3.05, 3.63) is 39.9 Å². The maximum absolute atomic E-state index is 8.79. The second-order valence-corrected chi connectivity index (χ2v) is 4.20. The first kappa shape index (κ1) is 11.0. The van der Waals surface area contributed by atoms with E-state index < -0.39 is 0 Å². The molecule has 0 spiro atoms. The summed E-state index contributed by atoms with van der Waals surface area (Å²) >= 11 is 7.13. The number of hydrogen-bond acceptors (Lipinski definition) is 3. The van der Waals surface area contributed by atoms with E-state index >= 15 is 0 Å². The van der Waals surface area contributed by atoms with Gasteiger partial charge in [-0.3, -0.25) is 0 Å². The van der Waals surface area contributed by atoms with Crippen molar-refractivity contribution in [2.45, 2.75) is 11.8 Å². The number of rotatable bonds is 2. The average molecular weight is 225 g/mol.